The highest BCUT2D eigenvalue weighted by Gasteiger charge is 2.46. The minimum Gasteiger partial charge on any atom is -0.327 e. The molecule has 6 nitrogen and oxygen atoms in total. The molecule has 0 spiro atoms. The summed E-state index contributed by atoms with van der Waals surface area (Å²) in [6.07, 6.45) is -9.67. The summed E-state index contributed by atoms with van der Waals surface area (Å²) >= 11 is 0. The van der Waals surface area contributed by atoms with Crippen LogP contribution in [0.3, 0.4) is 0 Å². The predicted molar refractivity (Wildman–Crippen MR) is 87.1 cm³/mol. The van der Waals surface area contributed by atoms with Crippen molar-refractivity contribution in [2.75, 3.05) is 21.1 Å². The van der Waals surface area contributed by atoms with Crippen molar-refractivity contribution in [2.24, 2.45) is 5.92 Å². The number of nitrogens with zero attached hydrogens (tertiary/aromatic N) is 3. The Kier molecular flexibility index (Phi) is 7.87. The number of amides is 3. The summed E-state index contributed by atoms with van der Waals surface area (Å²) < 4.78 is 73.3. The Morgan fingerprint density at radius 2 is 1.32 bits per heavy atom. The summed E-state index contributed by atoms with van der Waals surface area (Å²) in [7, 11) is 3.77. The molecule has 0 N–H and O–H groups in total. The van der Waals surface area contributed by atoms with Crippen LogP contribution in [0.15, 0.2) is 24.2 Å². The minimum absolute atomic E-state index is 0. The van der Waals surface area contributed by atoms with Crippen molar-refractivity contribution in [3.63, 3.8) is 0 Å². The Bertz CT molecular complexity index is 666. The summed E-state index contributed by atoms with van der Waals surface area (Å²) in [5.74, 6) is -4.05. The molecule has 0 aliphatic carbocycles. The van der Waals surface area contributed by atoms with Crippen molar-refractivity contribution < 1.29 is 40.7 Å². The molecule has 0 bridgehead atoms. The van der Waals surface area contributed by atoms with Crippen LogP contribution in [0.2, 0.25) is 0 Å². The van der Waals surface area contributed by atoms with Crippen LogP contribution in [0.25, 0.3) is 0 Å². The zero-order valence-corrected chi connectivity index (χ0v) is 14.6. The molecule has 12 heteroatoms. The second-order valence-corrected chi connectivity index (χ2v) is 5.89. The highest BCUT2D eigenvalue weighted by atomic mass is 19.4. The molecule has 2 aliphatic rings. The summed E-state index contributed by atoms with van der Waals surface area (Å²) in [5.41, 5.74) is -0.995. The normalized spacial score (nSPS) is 19.2. The van der Waals surface area contributed by atoms with Crippen LogP contribution in [0.5, 0.6) is 0 Å². The van der Waals surface area contributed by atoms with E-state index in [9.17, 15) is 40.7 Å². The molecule has 0 unspecified atom stereocenters. The molecule has 1 fully saturated rings. The number of carbonyl (C=O) groups excluding carboxylic acids is 3. The number of alkyl halides is 6. The van der Waals surface area contributed by atoms with Crippen LogP contribution in [0, 0.1) is 5.92 Å². The van der Waals surface area contributed by atoms with Crippen LogP contribution < -0.4 is 0 Å². The number of carbonyl (C=O) groups is 3. The van der Waals surface area contributed by atoms with E-state index in [0.29, 0.717) is 6.08 Å². The van der Waals surface area contributed by atoms with Gasteiger partial charge in [-0.05, 0) is 0 Å². The van der Waals surface area contributed by atoms with Crippen molar-refractivity contribution >= 4 is 17.7 Å². The van der Waals surface area contributed by atoms with Gasteiger partial charge >= 0.3 is 12.4 Å². The average molecular weight is 417 g/mol. The molecular weight excluding hydrogens is 396 g/mol. The highest BCUT2D eigenvalue weighted by Crippen LogP contribution is 2.34. The first-order valence-electron chi connectivity index (χ1n) is 7.42. The average Bonchev–Trinajstić information content (AvgIpc) is 2.52. The van der Waals surface area contributed by atoms with Crippen LogP contribution in [0.1, 0.15) is 20.3 Å². The number of likely N-dealkylation sites (tertiary alicyclic amines) is 1. The van der Waals surface area contributed by atoms with Crippen molar-refractivity contribution in [3.05, 3.63) is 24.2 Å². The van der Waals surface area contributed by atoms with Crippen molar-refractivity contribution in [3.8, 4) is 0 Å². The van der Waals surface area contributed by atoms with Gasteiger partial charge in [-0.25, -0.2) is 0 Å². The second-order valence-electron chi connectivity index (χ2n) is 5.89. The first-order valence-corrected chi connectivity index (χ1v) is 7.42. The molecule has 0 atom stereocenters. The monoisotopic (exact) mass is 417 g/mol. The lowest BCUT2D eigenvalue weighted by molar-refractivity contribution is -0.192. The number of halogens is 6. The first-order chi connectivity index (χ1) is 12.1. The molecule has 0 aromatic carbocycles. The van der Waals surface area contributed by atoms with Gasteiger partial charge in [0.05, 0.1) is 5.92 Å². The fourth-order valence-electron chi connectivity index (χ4n) is 2.21. The van der Waals surface area contributed by atoms with Gasteiger partial charge in [-0.1, -0.05) is 14.0 Å². The van der Waals surface area contributed by atoms with Gasteiger partial charge in [0, 0.05) is 40.1 Å². The third-order valence-electron chi connectivity index (χ3n) is 4.07. The van der Waals surface area contributed by atoms with Crippen molar-refractivity contribution in [1.82, 2.24) is 14.7 Å². The maximum absolute atomic E-state index is 12.3. The van der Waals surface area contributed by atoms with Gasteiger partial charge in [-0.3, -0.25) is 24.2 Å². The number of likely N-dealkylation sites (N-methyl/N-ethyl adjacent to an activating group) is 1. The van der Waals surface area contributed by atoms with Crippen LogP contribution in [-0.4, -0.2) is 65.9 Å². The Balaban J connectivity index is 0.000000504. The maximum Gasteiger partial charge on any atom is 0.431 e. The molecule has 0 aromatic rings. The number of hydrogen-bond acceptors (Lipinski definition) is 4. The molecule has 2 rings (SSSR count). The maximum atomic E-state index is 12.3. The van der Waals surface area contributed by atoms with Gasteiger partial charge in [-0.15, -0.1) is 0 Å². The number of allylic oxidation sites excluding steroid dienone is 1. The fraction of sp³-hybridized carbons (Fsp3) is 0.562. The van der Waals surface area contributed by atoms with Gasteiger partial charge in [0.1, 0.15) is 11.5 Å². The summed E-state index contributed by atoms with van der Waals surface area (Å²) in [6.45, 7) is 3.38. The minimum atomic E-state index is -4.53. The fourth-order valence-corrected chi connectivity index (χ4v) is 2.21. The molecule has 3 amide bonds. The molecule has 2 heterocycles. The number of piperidine rings is 1. The number of rotatable bonds is 0. The second kappa shape index (κ2) is 8.65. The van der Waals surface area contributed by atoms with Gasteiger partial charge in [0.2, 0.25) is 11.8 Å². The smallest absolute Gasteiger partial charge is 0.327 e. The van der Waals surface area contributed by atoms with Gasteiger partial charge in [-0.2, -0.15) is 26.3 Å². The van der Waals surface area contributed by atoms with E-state index in [1.807, 2.05) is 0 Å². The zero-order valence-electron chi connectivity index (χ0n) is 14.6. The number of hydrogen-bond donors (Lipinski definition) is 0. The van der Waals surface area contributed by atoms with E-state index in [2.05, 4.69) is 6.58 Å². The lowest BCUT2D eigenvalue weighted by Crippen LogP contribution is -2.44. The van der Waals surface area contributed by atoms with Crippen molar-refractivity contribution in [1.29, 1.82) is 0 Å². The SMILES string of the molecule is C.C=C1N(C)C(=O)C=C(C(F)(F)F)N1C.CN1C(=O)CC(C(F)(F)F)CC1=O. The van der Waals surface area contributed by atoms with E-state index in [-0.39, 0.29) is 13.2 Å². The van der Waals surface area contributed by atoms with Crippen LogP contribution in [0.4, 0.5) is 26.3 Å². The molecule has 1 saturated heterocycles. The molecule has 0 radical (unpaired) electrons. The molecular formula is C16H21F6N3O3. The molecule has 160 valence electrons. The predicted octanol–water partition coefficient (Wildman–Crippen LogP) is 2.89. The molecule has 28 heavy (non-hydrogen) atoms. The van der Waals surface area contributed by atoms with Crippen LogP contribution in [-0.2, 0) is 14.4 Å². The summed E-state index contributed by atoms with van der Waals surface area (Å²) in [5, 5.41) is 0. The molecule has 2 aliphatic heterocycles. The topological polar surface area (TPSA) is 60.9 Å². The van der Waals surface area contributed by atoms with E-state index in [4.69, 9.17) is 0 Å². The third kappa shape index (κ3) is 5.73. The van der Waals surface area contributed by atoms with E-state index < -0.39 is 54.5 Å². The third-order valence-corrected chi connectivity index (χ3v) is 4.07. The molecule has 0 saturated carbocycles. The summed E-state index contributed by atoms with van der Waals surface area (Å²) in [4.78, 5) is 35.4. The standard InChI is InChI=1S/C8H9F3N2O.C7H8F3NO2.CH4/c1-5-12(2)6(8(9,10)11)4-7(14)13(5)3;1-11-5(12)2-4(3-6(11)13)7(8,9)10;/h4H,1H2,2-3H3;4H,2-3H2,1H3;1H4. The van der Waals surface area contributed by atoms with Crippen LogP contribution >= 0.6 is 0 Å². The van der Waals surface area contributed by atoms with E-state index in [1.165, 1.54) is 21.1 Å². The Hall–Kier alpha value is -2.53. The van der Waals surface area contributed by atoms with Gasteiger partial charge in [0.25, 0.3) is 5.91 Å². The first kappa shape index (κ1) is 25.5. The Morgan fingerprint density at radius 3 is 1.68 bits per heavy atom. The van der Waals surface area contributed by atoms with E-state index in [1.54, 1.807) is 0 Å². The lowest BCUT2D eigenvalue weighted by Gasteiger charge is -2.34. The van der Waals surface area contributed by atoms with Gasteiger partial charge in [0.15, 0.2) is 0 Å². The summed E-state index contributed by atoms with van der Waals surface area (Å²) in [6, 6.07) is 0. The zero-order chi connectivity index (χ0) is 21.3. The lowest BCUT2D eigenvalue weighted by atomic mass is 9.95. The Morgan fingerprint density at radius 1 is 0.893 bits per heavy atom. The highest BCUT2D eigenvalue weighted by molar-refractivity contribution is 5.97. The largest absolute Gasteiger partial charge is 0.431 e. The Labute approximate surface area is 158 Å². The quantitative estimate of drug-likeness (QED) is 0.449. The molecule has 0 aromatic heterocycles. The van der Waals surface area contributed by atoms with E-state index >= 15 is 0 Å². The van der Waals surface area contributed by atoms with Gasteiger partial charge < -0.3 is 4.90 Å². The van der Waals surface area contributed by atoms with Crippen molar-refractivity contribution in [2.45, 2.75) is 32.6 Å². The number of imide groups is 1. The van der Waals surface area contributed by atoms with E-state index in [0.717, 1.165) is 14.7 Å².